The fourth-order valence-corrected chi connectivity index (χ4v) is 2.40. The molecular weight excluding hydrogens is 256 g/mol. The Balaban J connectivity index is 2.43. The molecule has 20 heavy (non-hydrogen) atoms. The summed E-state index contributed by atoms with van der Waals surface area (Å²) in [4.78, 5) is 28.1. The van der Waals surface area contributed by atoms with Crippen LogP contribution in [0.25, 0.3) is 10.9 Å². The quantitative estimate of drug-likeness (QED) is 0.879. The Hall–Kier alpha value is -2.30. The maximum absolute atomic E-state index is 12.6. The average Bonchev–Trinajstić information content (AvgIpc) is 2.72. The number of hydrogen-bond acceptors (Lipinski definition) is 2. The van der Waals surface area contributed by atoms with Gasteiger partial charge in [-0.1, -0.05) is 25.1 Å². The van der Waals surface area contributed by atoms with Crippen molar-refractivity contribution < 1.29 is 14.7 Å². The third kappa shape index (κ3) is 2.66. The summed E-state index contributed by atoms with van der Waals surface area (Å²) in [5, 5.41) is 9.77. The third-order valence-electron chi connectivity index (χ3n) is 3.21. The molecule has 0 unspecified atom stereocenters. The van der Waals surface area contributed by atoms with Gasteiger partial charge in [-0.25, -0.2) is 0 Å². The van der Waals surface area contributed by atoms with E-state index in [0.717, 1.165) is 23.0 Å². The van der Waals surface area contributed by atoms with Crippen molar-refractivity contribution in [1.29, 1.82) is 0 Å². The molecule has 0 fully saturated rings. The number of nitrogens with one attached hydrogen (secondary N) is 1. The molecule has 0 aliphatic rings. The molecule has 5 nitrogen and oxygen atoms in total. The van der Waals surface area contributed by atoms with Crippen molar-refractivity contribution in [1.82, 2.24) is 9.88 Å². The lowest BCUT2D eigenvalue weighted by molar-refractivity contribution is -0.137. The lowest BCUT2D eigenvalue weighted by atomic mass is 10.1. The lowest BCUT2D eigenvalue weighted by Crippen LogP contribution is -2.36. The van der Waals surface area contributed by atoms with Gasteiger partial charge in [0.15, 0.2) is 0 Å². The molecule has 0 spiro atoms. The summed E-state index contributed by atoms with van der Waals surface area (Å²) in [6.07, 6.45) is 0.723. The van der Waals surface area contributed by atoms with Gasteiger partial charge in [0.25, 0.3) is 5.91 Å². The maximum atomic E-state index is 12.6. The molecule has 1 amide bonds. The van der Waals surface area contributed by atoms with E-state index in [0.29, 0.717) is 12.1 Å². The summed E-state index contributed by atoms with van der Waals surface area (Å²) in [6, 6.07) is 7.54. The van der Waals surface area contributed by atoms with Crippen LogP contribution in [-0.2, 0) is 4.79 Å². The number of carbonyl (C=O) groups excluding carboxylic acids is 1. The number of rotatable bonds is 5. The largest absolute Gasteiger partial charge is 0.480 e. The van der Waals surface area contributed by atoms with Crippen LogP contribution in [0.1, 0.15) is 29.4 Å². The molecule has 5 heteroatoms. The molecule has 2 aromatic rings. The Labute approximate surface area is 117 Å². The minimum atomic E-state index is -0.996. The second kappa shape index (κ2) is 5.77. The average molecular weight is 274 g/mol. The fourth-order valence-electron chi connectivity index (χ4n) is 2.40. The Morgan fingerprint density at radius 2 is 2.00 bits per heavy atom. The van der Waals surface area contributed by atoms with Gasteiger partial charge in [-0.3, -0.25) is 9.59 Å². The van der Waals surface area contributed by atoms with E-state index in [4.69, 9.17) is 5.11 Å². The van der Waals surface area contributed by atoms with Crippen LogP contribution in [0.15, 0.2) is 24.3 Å². The molecule has 0 radical (unpaired) electrons. The smallest absolute Gasteiger partial charge is 0.323 e. The SMILES string of the molecule is CCCN(CC(=O)O)C(=O)c1c(C)[nH]c2ccccc12. The van der Waals surface area contributed by atoms with E-state index < -0.39 is 5.97 Å². The summed E-state index contributed by atoms with van der Waals surface area (Å²) in [5.41, 5.74) is 2.22. The summed E-state index contributed by atoms with van der Waals surface area (Å²) >= 11 is 0. The van der Waals surface area contributed by atoms with Gasteiger partial charge < -0.3 is 15.0 Å². The van der Waals surface area contributed by atoms with E-state index in [2.05, 4.69) is 4.98 Å². The molecule has 2 N–H and O–H groups in total. The maximum Gasteiger partial charge on any atom is 0.323 e. The highest BCUT2D eigenvalue weighted by Crippen LogP contribution is 2.23. The number of carboxylic acids is 1. The number of aromatic nitrogens is 1. The van der Waals surface area contributed by atoms with Gasteiger partial charge in [0.2, 0.25) is 0 Å². The molecule has 0 bridgehead atoms. The monoisotopic (exact) mass is 274 g/mol. The van der Waals surface area contributed by atoms with Gasteiger partial charge in [-0.15, -0.1) is 0 Å². The van der Waals surface area contributed by atoms with Crippen LogP contribution in [0.4, 0.5) is 0 Å². The molecule has 0 saturated heterocycles. The van der Waals surface area contributed by atoms with Crippen LogP contribution in [0.5, 0.6) is 0 Å². The first-order valence-corrected chi connectivity index (χ1v) is 6.63. The number of fused-ring (bicyclic) bond motifs is 1. The van der Waals surface area contributed by atoms with E-state index >= 15 is 0 Å². The number of nitrogens with zero attached hydrogens (tertiary/aromatic N) is 1. The fraction of sp³-hybridized carbons (Fsp3) is 0.333. The topological polar surface area (TPSA) is 73.4 Å². The standard InChI is InChI=1S/C15H18N2O3/c1-3-8-17(9-13(18)19)15(20)14-10(2)16-12-7-5-4-6-11(12)14/h4-7,16H,3,8-9H2,1-2H3,(H,18,19). The summed E-state index contributed by atoms with van der Waals surface area (Å²) < 4.78 is 0. The Kier molecular flexibility index (Phi) is 4.08. The van der Waals surface area contributed by atoms with E-state index in [1.165, 1.54) is 4.90 Å². The van der Waals surface area contributed by atoms with Crippen molar-refractivity contribution in [2.75, 3.05) is 13.1 Å². The van der Waals surface area contributed by atoms with Crippen LogP contribution in [-0.4, -0.2) is 40.0 Å². The summed E-state index contributed by atoms with van der Waals surface area (Å²) in [5.74, 6) is -1.23. The van der Waals surface area contributed by atoms with Crippen molar-refractivity contribution in [3.05, 3.63) is 35.5 Å². The van der Waals surface area contributed by atoms with Crippen molar-refractivity contribution in [3.8, 4) is 0 Å². The first-order chi connectivity index (χ1) is 9.54. The first kappa shape index (κ1) is 14.1. The number of para-hydroxylation sites is 1. The zero-order chi connectivity index (χ0) is 14.7. The Morgan fingerprint density at radius 3 is 2.65 bits per heavy atom. The van der Waals surface area contributed by atoms with Crippen LogP contribution < -0.4 is 0 Å². The summed E-state index contributed by atoms with van der Waals surface area (Å²) in [6.45, 7) is 3.91. The number of aliphatic carboxylic acids is 1. The number of amides is 1. The second-order valence-electron chi connectivity index (χ2n) is 4.79. The van der Waals surface area contributed by atoms with Gasteiger partial charge in [-0.2, -0.15) is 0 Å². The van der Waals surface area contributed by atoms with Crippen LogP contribution in [0, 0.1) is 6.92 Å². The van der Waals surface area contributed by atoms with E-state index in [-0.39, 0.29) is 12.5 Å². The van der Waals surface area contributed by atoms with E-state index in [9.17, 15) is 9.59 Å². The minimum Gasteiger partial charge on any atom is -0.480 e. The molecule has 0 atom stereocenters. The predicted octanol–water partition coefficient (Wildman–Crippen LogP) is 2.41. The predicted molar refractivity (Wildman–Crippen MR) is 76.9 cm³/mol. The van der Waals surface area contributed by atoms with Gasteiger partial charge in [0, 0.05) is 23.1 Å². The molecule has 2 rings (SSSR count). The number of hydrogen-bond donors (Lipinski definition) is 2. The number of carboxylic acid groups (broad SMARTS) is 1. The molecule has 0 saturated carbocycles. The molecular formula is C15H18N2O3. The number of benzene rings is 1. The highest BCUT2D eigenvalue weighted by atomic mass is 16.4. The minimum absolute atomic E-state index is 0.232. The van der Waals surface area contributed by atoms with Gasteiger partial charge in [0.1, 0.15) is 6.54 Å². The number of aryl methyl sites for hydroxylation is 1. The van der Waals surface area contributed by atoms with Crippen molar-refractivity contribution in [2.45, 2.75) is 20.3 Å². The van der Waals surface area contributed by atoms with Crippen molar-refractivity contribution in [3.63, 3.8) is 0 Å². The van der Waals surface area contributed by atoms with E-state index in [1.54, 1.807) is 0 Å². The second-order valence-corrected chi connectivity index (χ2v) is 4.79. The van der Waals surface area contributed by atoms with Crippen LogP contribution in [0.3, 0.4) is 0 Å². The number of H-pyrrole nitrogens is 1. The third-order valence-corrected chi connectivity index (χ3v) is 3.21. The van der Waals surface area contributed by atoms with Gasteiger partial charge >= 0.3 is 5.97 Å². The zero-order valence-corrected chi connectivity index (χ0v) is 11.6. The zero-order valence-electron chi connectivity index (χ0n) is 11.6. The normalized spacial score (nSPS) is 10.7. The first-order valence-electron chi connectivity index (χ1n) is 6.63. The highest BCUT2D eigenvalue weighted by Gasteiger charge is 2.22. The Morgan fingerprint density at radius 1 is 1.30 bits per heavy atom. The molecule has 1 heterocycles. The highest BCUT2D eigenvalue weighted by molar-refractivity contribution is 6.08. The van der Waals surface area contributed by atoms with Gasteiger partial charge in [0.05, 0.1) is 5.56 Å². The molecule has 1 aromatic heterocycles. The Bertz CT molecular complexity index is 646. The lowest BCUT2D eigenvalue weighted by Gasteiger charge is -2.20. The van der Waals surface area contributed by atoms with Crippen molar-refractivity contribution >= 4 is 22.8 Å². The molecule has 0 aliphatic heterocycles. The summed E-state index contributed by atoms with van der Waals surface area (Å²) in [7, 11) is 0. The van der Waals surface area contributed by atoms with E-state index in [1.807, 2.05) is 38.1 Å². The van der Waals surface area contributed by atoms with Crippen LogP contribution in [0.2, 0.25) is 0 Å². The van der Waals surface area contributed by atoms with Crippen LogP contribution >= 0.6 is 0 Å². The molecule has 1 aromatic carbocycles. The molecule has 0 aliphatic carbocycles. The number of carbonyl (C=O) groups is 2. The van der Waals surface area contributed by atoms with Crippen molar-refractivity contribution in [2.24, 2.45) is 0 Å². The van der Waals surface area contributed by atoms with Gasteiger partial charge in [-0.05, 0) is 19.4 Å². The number of aromatic amines is 1. The molecule has 106 valence electrons.